The normalized spacial score (nSPS) is 14.2. The van der Waals surface area contributed by atoms with Crippen LogP contribution in [-0.4, -0.2) is 29.2 Å². The Morgan fingerprint density at radius 3 is 2.41 bits per heavy atom. The molecule has 1 fully saturated rings. The second-order valence-corrected chi connectivity index (χ2v) is 7.13. The SMILES string of the molecule is Cc1cccc(C#Cc2cnc(N3CCC(Oc4ccccc4F)CC3)nc2)c1. The van der Waals surface area contributed by atoms with Gasteiger partial charge in [-0.2, -0.15) is 0 Å². The van der Waals surface area contributed by atoms with Gasteiger partial charge in [-0.05, 0) is 36.8 Å². The summed E-state index contributed by atoms with van der Waals surface area (Å²) in [7, 11) is 0. The van der Waals surface area contributed by atoms with E-state index in [9.17, 15) is 4.39 Å². The Kier molecular flexibility index (Phi) is 5.71. The fourth-order valence-electron chi connectivity index (χ4n) is 3.31. The van der Waals surface area contributed by atoms with Crippen molar-refractivity contribution in [2.24, 2.45) is 0 Å². The van der Waals surface area contributed by atoms with Crippen molar-refractivity contribution in [3.63, 3.8) is 0 Å². The average Bonchev–Trinajstić information content (AvgIpc) is 2.75. The first-order chi connectivity index (χ1) is 14.2. The Morgan fingerprint density at radius 1 is 0.966 bits per heavy atom. The van der Waals surface area contributed by atoms with Crippen LogP contribution in [0.15, 0.2) is 60.9 Å². The molecule has 4 nitrogen and oxygen atoms in total. The van der Waals surface area contributed by atoms with Crippen LogP contribution in [0.1, 0.15) is 29.5 Å². The highest BCUT2D eigenvalue weighted by Crippen LogP contribution is 2.23. The number of halogens is 1. The van der Waals surface area contributed by atoms with Gasteiger partial charge in [-0.1, -0.05) is 36.1 Å². The fourth-order valence-corrected chi connectivity index (χ4v) is 3.31. The van der Waals surface area contributed by atoms with Crippen LogP contribution >= 0.6 is 0 Å². The minimum absolute atomic E-state index is 0.00243. The molecule has 5 heteroatoms. The molecule has 0 N–H and O–H groups in total. The van der Waals surface area contributed by atoms with Gasteiger partial charge in [0.15, 0.2) is 11.6 Å². The van der Waals surface area contributed by atoms with E-state index in [-0.39, 0.29) is 11.9 Å². The molecule has 1 aromatic heterocycles. The number of para-hydroxylation sites is 1. The van der Waals surface area contributed by atoms with E-state index >= 15 is 0 Å². The summed E-state index contributed by atoms with van der Waals surface area (Å²) in [6.45, 7) is 3.59. The number of ether oxygens (including phenoxy) is 1. The molecule has 29 heavy (non-hydrogen) atoms. The lowest BCUT2D eigenvalue weighted by Gasteiger charge is -2.32. The summed E-state index contributed by atoms with van der Waals surface area (Å²) >= 11 is 0. The van der Waals surface area contributed by atoms with Gasteiger partial charge >= 0.3 is 0 Å². The standard InChI is InChI=1S/C24H22FN3O/c1-18-5-4-6-19(15-18)9-10-20-16-26-24(27-17-20)28-13-11-21(12-14-28)29-23-8-3-2-7-22(23)25/h2-8,15-17,21H,11-14H2,1H3. The molecular weight excluding hydrogens is 365 g/mol. The molecule has 0 aliphatic carbocycles. The largest absolute Gasteiger partial charge is 0.487 e. The highest BCUT2D eigenvalue weighted by molar-refractivity contribution is 5.43. The number of aryl methyl sites for hydroxylation is 1. The van der Waals surface area contributed by atoms with E-state index < -0.39 is 0 Å². The van der Waals surface area contributed by atoms with E-state index in [4.69, 9.17) is 4.74 Å². The molecule has 146 valence electrons. The summed E-state index contributed by atoms with van der Waals surface area (Å²) < 4.78 is 19.6. The van der Waals surface area contributed by atoms with Crippen molar-refractivity contribution >= 4 is 5.95 Å². The maximum atomic E-state index is 13.7. The van der Waals surface area contributed by atoms with E-state index in [1.807, 2.05) is 25.1 Å². The van der Waals surface area contributed by atoms with Crippen LogP contribution in [0.25, 0.3) is 0 Å². The van der Waals surface area contributed by atoms with Crippen LogP contribution in [0.3, 0.4) is 0 Å². The first-order valence-electron chi connectivity index (χ1n) is 9.74. The summed E-state index contributed by atoms with van der Waals surface area (Å²) in [5.74, 6) is 6.94. The summed E-state index contributed by atoms with van der Waals surface area (Å²) in [4.78, 5) is 11.1. The smallest absolute Gasteiger partial charge is 0.225 e. The van der Waals surface area contributed by atoms with E-state index in [1.165, 1.54) is 11.6 Å². The molecule has 1 aliphatic heterocycles. The van der Waals surface area contributed by atoms with Crippen LogP contribution < -0.4 is 9.64 Å². The number of nitrogens with zero attached hydrogens (tertiary/aromatic N) is 3. The first-order valence-corrected chi connectivity index (χ1v) is 9.74. The quantitative estimate of drug-likeness (QED) is 0.626. The molecule has 2 heterocycles. The van der Waals surface area contributed by atoms with Gasteiger partial charge in [-0.3, -0.25) is 0 Å². The second-order valence-electron chi connectivity index (χ2n) is 7.13. The Labute approximate surface area is 170 Å². The van der Waals surface area contributed by atoms with Crippen molar-refractivity contribution in [2.75, 3.05) is 18.0 Å². The van der Waals surface area contributed by atoms with Crippen LogP contribution in [0.4, 0.5) is 10.3 Å². The lowest BCUT2D eigenvalue weighted by molar-refractivity contribution is 0.163. The predicted octanol–water partition coefficient (Wildman–Crippen LogP) is 4.37. The maximum absolute atomic E-state index is 13.7. The van der Waals surface area contributed by atoms with E-state index in [1.54, 1.807) is 30.6 Å². The molecule has 0 saturated carbocycles. The zero-order valence-corrected chi connectivity index (χ0v) is 16.3. The topological polar surface area (TPSA) is 38.2 Å². The van der Waals surface area contributed by atoms with Crippen LogP contribution in [0, 0.1) is 24.6 Å². The molecule has 0 bridgehead atoms. The monoisotopic (exact) mass is 387 g/mol. The summed E-state index contributed by atoms with van der Waals surface area (Å²) in [5, 5.41) is 0. The van der Waals surface area contributed by atoms with Gasteiger partial charge in [0, 0.05) is 43.9 Å². The zero-order valence-electron chi connectivity index (χ0n) is 16.3. The fraction of sp³-hybridized carbons (Fsp3) is 0.250. The highest BCUT2D eigenvalue weighted by atomic mass is 19.1. The van der Waals surface area contributed by atoms with E-state index in [0.717, 1.165) is 37.1 Å². The third-order valence-corrected chi connectivity index (χ3v) is 4.86. The minimum atomic E-state index is -0.319. The number of benzene rings is 2. The van der Waals surface area contributed by atoms with Crippen molar-refractivity contribution in [3.05, 3.63) is 83.4 Å². The second kappa shape index (κ2) is 8.74. The minimum Gasteiger partial charge on any atom is -0.487 e. The molecule has 0 atom stereocenters. The summed E-state index contributed by atoms with van der Waals surface area (Å²) in [6.07, 6.45) is 5.11. The lowest BCUT2D eigenvalue weighted by atomic mass is 10.1. The maximum Gasteiger partial charge on any atom is 0.225 e. The zero-order chi connectivity index (χ0) is 20.1. The molecular formula is C24H22FN3O. The average molecular weight is 387 g/mol. The molecule has 4 rings (SSSR count). The number of anilines is 1. The number of aromatic nitrogens is 2. The van der Waals surface area contributed by atoms with Crippen molar-refractivity contribution in [3.8, 4) is 17.6 Å². The van der Waals surface area contributed by atoms with Gasteiger partial charge < -0.3 is 9.64 Å². The van der Waals surface area contributed by atoms with Gasteiger partial charge in [-0.15, -0.1) is 0 Å². The summed E-state index contributed by atoms with van der Waals surface area (Å²) in [5.41, 5.74) is 2.95. The molecule has 1 saturated heterocycles. The van der Waals surface area contributed by atoms with E-state index in [0.29, 0.717) is 11.7 Å². The highest BCUT2D eigenvalue weighted by Gasteiger charge is 2.22. The van der Waals surface area contributed by atoms with Crippen LogP contribution in [0.5, 0.6) is 5.75 Å². The number of rotatable bonds is 3. The third-order valence-electron chi connectivity index (χ3n) is 4.86. The molecule has 0 radical (unpaired) electrons. The van der Waals surface area contributed by atoms with Gasteiger partial charge in [-0.25, -0.2) is 14.4 Å². The van der Waals surface area contributed by atoms with E-state index in [2.05, 4.69) is 32.8 Å². The third kappa shape index (κ3) is 4.91. The number of hydrogen-bond donors (Lipinski definition) is 0. The van der Waals surface area contributed by atoms with Crippen molar-refractivity contribution < 1.29 is 9.13 Å². The number of hydrogen-bond acceptors (Lipinski definition) is 4. The van der Waals surface area contributed by atoms with Crippen LogP contribution in [-0.2, 0) is 0 Å². The van der Waals surface area contributed by atoms with Crippen LogP contribution in [0.2, 0.25) is 0 Å². The van der Waals surface area contributed by atoms with Gasteiger partial charge in [0.05, 0.1) is 5.56 Å². The molecule has 1 aliphatic rings. The van der Waals surface area contributed by atoms with Gasteiger partial charge in [0.2, 0.25) is 5.95 Å². The first kappa shape index (κ1) is 18.9. The van der Waals surface area contributed by atoms with Crippen molar-refractivity contribution in [1.29, 1.82) is 0 Å². The molecule has 0 amide bonds. The van der Waals surface area contributed by atoms with Gasteiger partial charge in [0.1, 0.15) is 6.10 Å². The molecule has 2 aromatic carbocycles. The lowest BCUT2D eigenvalue weighted by Crippen LogP contribution is -2.39. The molecule has 0 unspecified atom stereocenters. The molecule has 3 aromatic rings. The Hall–Kier alpha value is -3.39. The van der Waals surface area contributed by atoms with Crippen molar-refractivity contribution in [1.82, 2.24) is 9.97 Å². The Balaban J connectivity index is 1.34. The number of piperidine rings is 1. The Morgan fingerprint density at radius 2 is 1.69 bits per heavy atom. The molecule has 0 spiro atoms. The van der Waals surface area contributed by atoms with Gasteiger partial charge in [0.25, 0.3) is 0 Å². The predicted molar refractivity (Wildman–Crippen MR) is 111 cm³/mol. The Bertz CT molecular complexity index is 1030. The summed E-state index contributed by atoms with van der Waals surface area (Å²) in [6, 6.07) is 14.6. The van der Waals surface area contributed by atoms with Crippen molar-refractivity contribution in [2.45, 2.75) is 25.9 Å².